The average Bonchev–Trinajstić information content (AvgIpc) is 2.84. The van der Waals surface area contributed by atoms with Crippen molar-refractivity contribution in [3.05, 3.63) is 0 Å². The summed E-state index contributed by atoms with van der Waals surface area (Å²) in [6, 6.07) is 1.39. The second kappa shape index (κ2) is 5.50. The fraction of sp³-hybridized carbons (Fsp3) is 1.00. The van der Waals surface area contributed by atoms with E-state index in [-0.39, 0.29) is 0 Å². The van der Waals surface area contributed by atoms with Crippen LogP contribution < -0.4 is 5.73 Å². The standard InChI is InChI=1S/C16H30N2/c1-2-12-6-8-14(9-7-12)18-10-13-4-3-5-16(17)15(13)11-18/h12-16H,2-11,17H2,1H3. The molecule has 0 spiro atoms. The first-order valence-electron chi connectivity index (χ1n) is 8.27. The third kappa shape index (κ3) is 2.46. The van der Waals surface area contributed by atoms with Gasteiger partial charge >= 0.3 is 0 Å². The maximum absolute atomic E-state index is 6.33. The molecule has 2 saturated carbocycles. The molecule has 0 radical (unpaired) electrons. The van der Waals surface area contributed by atoms with Crippen molar-refractivity contribution in [3.8, 4) is 0 Å². The van der Waals surface area contributed by atoms with Crippen LogP contribution in [-0.4, -0.2) is 30.1 Å². The van der Waals surface area contributed by atoms with E-state index in [1.165, 1.54) is 64.5 Å². The minimum absolute atomic E-state index is 0.501. The highest BCUT2D eigenvalue weighted by atomic mass is 15.2. The highest BCUT2D eigenvalue weighted by molar-refractivity contribution is 4.95. The summed E-state index contributed by atoms with van der Waals surface area (Å²) < 4.78 is 0. The molecule has 1 saturated heterocycles. The molecule has 3 unspecified atom stereocenters. The van der Waals surface area contributed by atoms with Crippen LogP contribution in [0.3, 0.4) is 0 Å². The van der Waals surface area contributed by atoms with E-state index in [0.29, 0.717) is 6.04 Å². The lowest BCUT2D eigenvalue weighted by Crippen LogP contribution is -2.39. The van der Waals surface area contributed by atoms with E-state index in [1.54, 1.807) is 0 Å². The number of likely N-dealkylation sites (tertiary alicyclic amines) is 1. The molecule has 18 heavy (non-hydrogen) atoms. The summed E-state index contributed by atoms with van der Waals surface area (Å²) in [4.78, 5) is 2.81. The van der Waals surface area contributed by atoms with E-state index in [1.807, 2.05) is 0 Å². The number of rotatable bonds is 2. The minimum atomic E-state index is 0.501. The van der Waals surface area contributed by atoms with Crippen molar-refractivity contribution in [1.82, 2.24) is 4.90 Å². The van der Waals surface area contributed by atoms with Gasteiger partial charge in [-0.25, -0.2) is 0 Å². The van der Waals surface area contributed by atoms with Crippen LogP contribution in [0.15, 0.2) is 0 Å². The highest BCUT2D eigenvalue weighted by Crippen LogP contribution is 2.39. The van der Waals surface area contributed by atoms with Gasteiger partial charge in [0.1, 0.15) is 0 Å². The van der Waals surface area contributed by atoms with Crippen molar-refractivity contribution in [1.29, 1.82) is 0 Å². The summed E-state index contributed by atoms with van der Waals surface area (Å²) in [6.45, 7) is 5.03. The smallest absolute Gasteiger partial charge is 0.00957 e. The molecule has 3 rings (SSSR count). The van der Waals surface area contributed by atoms with Gasteiger partial charge in [-0.1, -0.05) is 19.8 Å². The minimum Gasteiger partial charge on any atom is -0.327 e. The molecule has 3 fully saturated rings. The molecule has 0 amide bonds. The maximum Gasteiger partial charge on any atom is 0.00957 e. The molecular weight excluding hydrogens is 220 g/mol. The van der Waals surface area contributed by atoms with Crippen molar-refractivity contribution in [3.63, 3.8) is 0 Å². The van der Waals surface area contributed by atoms with Crippen LogP contribution in [0.2, 0.25) is 0 Å². The van der Waals surface area contributed by atoms with Crippen LogP contribution in [0, 0.1) is 17.8 Å². The molecule has 3 atom stereocenters. The number of fused-ring (bicyclic) bond motifs is 1. The largest absolute Gasteiger partial charge is 0.327 e. The molecule has 0 aromatic heterocycles. The Morgan fingerprint density at radius 3 is 2.44 bits per heavy atom. The Hall–Kier alpha value is -0.0800. The SMILES string of the molecule is CCC1CCC(N2CC3CCCC(N)C3C2)CC1. The molecule has 2 aliphatic carbocycles. The Balaban J connectivity index is 1.55. The van der Waals surface area contributed by atoms with Crippen LogP contribution >= 0.6 is 0 Å². The van der Waals surface area contributed by atoms with Gasteiger partial charge in [-0.3, -0.25) is 4.90 Å². The lowest BCUT2D eigenvalue weighted by atomic mass is 9.78. The van der Waals surface area contributed by atoms with Gasteiger partial charge in [0.2, 0.25) is 0 Å². The zero-order valence-electron chi connectivity index (χ0n) is 12.0. The van der Waals surface area contributed by atoms with E-state index in [9.17, 15) is 0 Å². The van der Waals surface area contributed by atoms with Gasteiger partial charge in [0.25, 0.3) is 0 Å². The molecule has 1 heterocycles. The van der Waals surface area contributed by atoms with Gasteiger partial charge in [0, 0.05) is 25.2 Å². The number of nitrogens with two attached hydrogens (primary N) is 1. The number of hydrogen-bond donors (Lipinski definition) is 1. The number of nitrogens with zero attached hydrogens (tertiary/aromatic N) is 1. The monoisotopic (exact) mass is 250 g/mol. The van der Waals surface area contributed by atoms with Crippen molar-refractivity contribution < 1.29 is 0 Å². The lowest BCUT2D eigenvalue weighted by Gasteiger charge is -2.34. The Bertz CT molecular complexity index is 270. The predicted octanol–water partition coefficient (Wildman–Crippen LogP) is 3.01. The molecule has 3 aliphatic rings. The first kappa shape index (κ1) is 12.9. The van der Waals surface area contributed by atoms with Crippen molar-refractivity contribution in [2.24, 2.45) is 23.5 Å². The summed E-state index contributed by atoms with van der Waals surface area (Å²) in [7, 11) is 0. The zero-order chi connectivity index (χ0) is 12.5. The van der Waals surface area contributed by atoms with Gasteiger partial charge in [-0.2, -0.15) is 0 Å². The van der Waals surface area contributed by atoms with Crippen molar-refractivity contribution in [2.45, 2.75) is 70.4 Å². The third-order valence-electron chi connectivity index (χ3n) is 6.09. The van der Waals surface area contributed by atoms with Crippen molar-refractivity contribution >= 4 is 0 Å². The van der Waals surface area contributed by atoms with Gasteiger partial charge in [0.15, 0.2) is 0 Å². The molecule has 104 valence electrons. The second-order valence-electron chi connectivity index (χ2n) is 7.06. The molecule has 2 nitrogen and oxygen atoms in total. The van der Waals surface area contributed by atoms with Crippen LogP contribution in [0.5, 0.6) is 0 Å². The van der Waals surface area contributed by atoms with Crippen LogP contribution in [0.1, 0.15) is 58.3 Å². The Kier molecular flexibility index (Phi) is 3.95. The van der Waals surface area contributed by atoms with E-state index >= 15 is 0 Å². The predicted molar refractivity (Wildman–Crippen MR) is 76.4 cm³/mol. The Morgan fingerprint density at radius 2 is 1.78 bits per heavy atom. The van der Waals surface area contributed by atoms with E-state index in [0.717, 1.165) is 23.8 Å². The summed E-state index contributed by atoms with van der Waals surface area (Å²) in [5.74, 6) is 2.77. The second-order valence-corrected chi connectivity index (χ2v) is 7.06. The summed E-state index contributed by atoms with van der Waals surface area (Å²) >= 11 is 0. The van der Waals surface area contributed by atoms with Gasteiger partial charge in [-0.05, 0) is 56.3 Å². The third-order valence-corrected chi connectivity index (χ3v) is 6.09. The maximum atomic E-state index is 6.33. The summed E-state index contributed by atoms with van der Waals surface area (Å²) in [6.07, 6.45) is 11.3. The van der Waals surface area contributed by atoms with Crippen LogP contribution in [0.4, 0.5) is 0 Å². The van der Waals surface area contributed by atoms with Gasteiger partial charge in [0.05, 0.1) is 0 Å². The molecule has 0 bridgehead atoms. The topological polar surface area (TPSA) is 29.3 Å². The first-order valence-corrected chi connectivity index (χ1v) is 8.27. The van der Waals surface area contributed by atoms with E-state index < -0.39 is 0 Å². The van der Waals surface area contributed by atoms with Gasteiger partial charge < -0.3 is 5.73 Å². The summed E-state index contributed by atoms with van der Waals surface area (Å²) in [5.41, 5.74) is 6.33. The number of hydrogen-bond acceptors (Lipinski definition) is 2. The Labute approximate surface area is 112 Å². The quantitative estimate of drug-likeness (QED) is 0.816. The van der Waals surface area contributed by atoms with E-state index in [2.05, 4.69) is 11.8 Å². The molecular formula is C16H30N2. The average molecular weight is 250 g/mol. The van der Waals surface area contributed by atoms with E-state index in [4.69, 9.17) is 5.73 Å². The van der Waals surface area contributed by atoms with Crippen LogP contribution in [-0.2, 0) is 0 Å². The highest BCUT2D eigenvalue weighted by Gasteiger charge is 2.41. The molecule has 2 N–H and O–H groups in total. The molecule has 2 heteroatoms. The zero-order valence-corrected chi connectivity index (χ0v) is 12.0. The summed E-state index contributed by atoms with van der Waals surface area (Å²) in [5, 5.41) is 0. The van der Waals surface area contributed by atoms with Gasteiger partial charge in [-0.15, -0.1) is 0 Å². The fourth-order valence-electron chi connectivity index (χ4n) is 4.77. The normalized spacial score (nSPS) is 46.0. The fourth-order valence-corrected chi connectivity index (χ4v) is 4.77. The molecule has 0 aromatic rings. The molecule has 1 aliphatic heterocycles. The van der Waals surface area contributed by atoms with Crippen molar-refractivity contribution in [2.75, 3.05) is 13.1 Å². The van der Waals surface area contributed by atoms with Crippen LogP contribution in [0.25, 0.3) is 0 Å². The first-order chi connectivity index (χ1) is 8.78. The Morgan fingerprint density at radius 1 is 1.00 bits per heavy atom. The molecule has 0 aromatic carbocycles. The lowest BCUT2D eigenvalue weighted by molar-refractivity contribution is 0.155.